The molecule has 3 aromatic carbocycles. The van der Waals surface area contributed by atoms with Crippen LogP contribution in [0.2, 0.25) is 0 Å². The van der Waals surface area contributed by atoms with Crippen LogP contribution < -0.4 is 14.8 Å². The number of nitrogens with one attached hydrogen (secondary N) is 1. The maximum absolute atomic E-state index is 5.53. The van der Waals surface area contributed by atoms with Gasteiger partial charge < -0.3 is 14.8 Å². The predicted molar refractivity (Wildman–Crippen MR) is 123 cm³/mol. The van der Waals surface area contributed by atoms with Crippen molar-refractivity contribution >= 4 is 44.6 Å². The second-order valence-electron chi connectivity index (χ2n) is 6.78. The lowest BCUT2D eigenvalue weighted by atomic mass is 10.1. The van der Waals surface area contributed by atoms with Crippen molar-refractivity contribution in [3.05, 3.63) is 72.1 Å². The molecule has 0 aliphatic rings. The average Bonchev–Trinajstić information content (AvgIpc) is 3.32. The number of benzene rings is 3. The van der Waals surface area contributed by atoms with Crippen molar-refractivity contribution in [2.45, 2.75) is 0 Å². The number of hydrogen-bond acceptors (Lipinski definition) is 6. The molecule has 148 valence electrons. The average molecular weight is 414 g/mol. The largest absolute Gasteiger partial charge is 0.497 e. The molecule has 0 aliphatic heterocycles. The van der Waals surface area contributed by atoms with Crippen molar-refractivity contribution in [3.8, 4) is 22.1 Å². The van der Waals surface area contributed by atoms with Crippen LogP contribution in [0.25, 0.3) is 32.4 Å². The number of hydrogen-bond donors (Lipinski definition) is 1. The number of anilines is 2. The Balaban J connectivity index is 1.71. The fourth-order valence-electron chi connectivity index (χ4n) is 3.45. The molecule has 0 amide bonds. The number of ether oxygens (including phenoxy) is 2. The Kier molecular flexibility index (Phi) is 4.69. The summed E-state index contributed by atoms with van der Waals surface area (Å²) in [4.78, 5) is 11.0. The smallest absolute Gasteiger partial charge is 0.158 e. The van der Waals surface area contributed by atoms with E-state index in [0.717, 1.165) is 43.8 Å². The number of aromatic nitrogens is 2. The quantitative estimate of drug-likeness (QED) is 0.344. The Morgan fingerprint density at radius 2 is 1.57 bits per heavy atom. The van der Waals surface area contributed by atoms with Crippen LogP contribution in [0.4, 0.5) is 11.5 Å². The van der Waals surface area contributed by atoms with E-state index in [-0.39, 0.29) is 0 Å². The molecular formula is C24H19N3O2S. The molecule has 0 atom stereocenters. The van der Waals surface area contributed by atoms with Gasteiger partial charge in [0.15, 0.2) is 5.82 Å². The Labute approximate surface area is 177 Å². The first-order valence-electron chi connectivity index (χ1n) is 9.48. The molecule has 2 heterocycles. The zero-order chi connectivity index (χ0) is 20.5. The highest BCUT2D eigenvalue weighted by molar-refractivity contribution is 7.13. The molecule has 5 nitrogen and oxygen atoms in total. The van der Waals surface area contributed by atoms with Crippen LogP contribution in [0, 0.1) is 0 Å². The fraction of sp³-hybridized carbons (Fsp3) is 0.0833. The minimum Gasteiger partial charge on any atom is -0.497 e. The highest BCUT2D eigenvalue weighted by atomic mass is 32.1. The number of rotatable bonds is 5. The van der Waals surface area contributed by atoms with Crippen molar-refractivity contribution < 1.29 is 9.47 Å². The topological polar surface area (TPSA) is 56.3 Å². The van der Waals surface area contributed by atoms with Gasteiger partial charge in [0.25, 0.3) is 0 Å². The summed E-state index contributed by atoms with van der Waals surface area (Å²) in [5.74, 6) is 2.11. The van der Waals surface area contributed by atoms with Crippen LogP contribution in [0.1, 0.15) is 0 Å². The predicted octanol–water partition coefficient (Wildman–Crippen LogP) is 6.27. The summed E-state index contributed by atoms with van der Waals surface area (Å²) in [7, 11) is 3.29. The zero-order valence-electron chi connectivity index (χ0n) is 16.5. The molecule has 30 heavy (non-hydrogen) atoms. The third-order valence-corrected chi connectivity index (χ3v) is 5.82. The van der Waals surface area contributed by atoms with Gasteiger partial charge in [-0.15, -0.1) is 11.3 Å². The van der Waals surface area contributed by atoms with Crippen molar-refractivity contribution in [1.29, 1.82) is 0 Å². The summed E-state index contributed by atoms with van der Waals surface area (Å²) in [6, 6.07) is 22.1. The lowest BCUT2D eigenvalue weighted by molar-refractivity contribution is 0.405. The van der Waals surface area contributed by atoms with Gasteiger partial charge >= 0.3 is 0 Å². The van der Waals surface area contributed by atoms with E-state index < -0.39 is 0 Å². The van der Waals surface area contributed by atoms with Crippen molar-refractivity contribution in [3.63, 3.8) is 0 Å². The Hall–Kier alpha value is -3.64. The molecule has 2 aromatic heterocycles. The Morgan fingerprint density at radius 3 is 2.23 bits per heavy atom. The van der Waals surface area contributed by atoms with Crippen LogP contribution >= 0.6 is 11.3 Å². The van der Waals surface area contributed by atoms with E-state index in [1.54, 1.807) is 25.6 Å². The van der Waals surface area contributed by atoms with Gasteiger partial charge in [0.2, 0.25) is 0 Å². The van der Waals surface area contributed by atoms with Crippen LogP contribution in [0.5, 0.6) is 11.5 Å². The molecule has 5 aromatic rings. The third-order valence-electron chi connectivity index (χ3n) is 4.95. The van der Waals surface area contributed by atoms with E-state index in [1.165, 1.54) is 0 Å². The van der Waals surface area contributed by atoms with Crippen LogP contribution in [-0.4, -0.2) is 24.2 Å². The van der Waals surface area contributed by atoms with Gasteiger partial charge in [-0.1, -0.05) is 30.3 Å². The number of nitrogens with zero attached hydrogens (tertiary/aromatic N) is 2. The van der Waals surface area contributed by atoms with Gasteiger partial charge in [-0.25, -0.2) is 9.97 Å². The highest BCUT2D eigenvalue weighted by Gasteiger charge is 2.15. The molecule has 0 spiro atoms. The molecule has 0 bridgehead atoms. The summed E-state index contributed by atoms with van der Waals surface area (Å²) < 4.78 is 10.9. The maximum atomic E-state index is 5.53. The summed E-state index contributed by atoms with van der Waals surface area (Å²) in [5, 5.41) is 7.74. The number of methoxy groups -OCH3 is 2. The molecule has 0 unspecified atom stereocenters. The van der Waals surface area contributed by atoms with Gasteiger partial charge in [-0.2, -0.15) is 0 Å². The second kappa shape index (κ2) is 7.65. The second-order valence-corrected chi connectivity index (χ2v) is 7.73. The number of fused-ring (bicyclic) bond motifs is 2. The monoisotopic (exact) mass is 413 g/mol. The van der Waals surface area contributed by atoms with Crippen molar-refractivity contribution in [2.75, 3.05) is 19.5 Å². The first kappa shape index (κ1) is 18.4. The molecule has 5 rings (SSSR count). The molecule has 1 N–H and O–H groups in total. The molecule has 0 saturated carbocycles. The maximum Gasteiger partial charge on any atom is 0.158 e. The Bertz CT molecular complexity index is 1350. The lowest BCUT2D eigenvalue weighted by Crippen LogP contribution is -2.01. The van der Waals surface area contributed by atoms with Crippen LogP contribution in [0.15, 0.2) is 72.1 Å². The highest BCUT2D eigenvalue weighted by Crippen LogP contribution is 2.36. The molecule has 0 aliphatic carbocycles. The van der Waals surface area contributed by atoms with Gasteiger partial charge in [-0.05, 0) is 46.5 Å². The summed E-state index contributed by atoms with van der Waals surface area (Å²) >= 11 is 1.63. The summed E-state index contributed by atoms with van der Waals surface area (Å²) in [6.45, 7) is 0. The van der Waals surface area contributed by atoms with E-state index in [4.69, 9.17) is 19.4 Å². The van der Waals surface area contributed by atoms with E-state index in [1.807, 2.05) is 41.8 Å². The minimum atomic E-state index is 0.673. The van der Waals surface area contributed by atoms with E-state index in [9.17, 15) is 0 Å². The Morgan fingerprint density at radius 1 is 0.800 bits per heavy atom. The SMILES string of the molecule is COc1ccc(OC)c(Nc2nc3cc4ccccc4cc3nc2-c2cccs2)c1. The van der Waals surface area contributed by atoms with E-state index in [0.29, 0.717) is 11.6 Å². The standard InChI is InChI=1S/C24H19N3O2S/c1-28-17-9-10-21(29-2)20(14-17)27-24-23(22-8-5-11-30-22)25-18-12-15-6-3-4-7-16(15)13-19(18)26-24/h3-14H,1-2H3,(H,26,27). The minimum absolute atomic E-state index is 0.673. The molecule has 0 saturated heterocycles. The van der Waals surface area contributed by atoms with E-state index in [2.05, 4.69) is 35.6 Å². The van der Waals surface area contributed by atoms with Gasteiger partial charge in [0, 0.05) is 6.07 Å². The third kappa shape index (κ3) is 3.31. The fourth-order valence-corrected chi connectivity index (χ4v) is 4.17. The summed E-state index contributed by atoms with van der Waals surface area (Å²) in [6.07, 6.45) is 0. The summed E-state index contributed by atoms with van der Waals surface area (Å²) in [5.41, 5.74) is 3.26. The molecule has 6 heteroatoms. The van der Waals surface area contributed by atoms with E-state index >= 15 is 0 Å². The normalized spacial score (nSPS) is 11.0. The molecule has 0 fully saturated rings. The van der Waals surface area contributed by atoms with Crippen LogP contribution in [-0.2, 0) is 0 Å². The van der Waals surface area contributed by atoms with Gasteiger partial charge in [-0.3, -0.25) is 0 Å². The van der Waals surface area contributed by atoms with Gasteiger partial charge in [0.05, 0.1) is 35.8 Å². The zero-order valence-corrected chi connectivity index (χ0v) is 17.4. The molecule has 0 radical (unpaired) electrons. The van der Waals surface area contributed by atoms with Crippen LogP contribution in [0.3, 0.4) is 0 Å². The lowest BCUT2D eigenvalue weighted by Gasteiger charge is -2.15. The first-order chi connectivity index (χ1) is 14.7. The first-order valence-corrected chi connectivity index (χ1v) is 10.4. The molecular weight excluding hydrogens is 394 g/mol. The van der Waals surface area contributed by atoms with Crippen molar-refractivity contribution in [2.24, 2.45) is 0 Å². The van der Waals surface area contributed by atoms with Crippen molar-refractivity contribution in [1.82, 2.24) is 9.97 Å². The van der Waals surface area contributed by atoms with Gasteiger partial charge in [0.1, 0.15) is 17.2 Å². The number of thiophene rings is 1.